The Balaban J connectivity index is 2.58. The summed E-state index contributed by atoms with van der Waals surface area (Å²) in [6.07, 6.45) is 2.75. The molecule has 2 aromatic heterocycles. The molecule has 2 heterocycles. The number of aromatic nitrogens is 4. The van der Waals surface area contributed by atoms with Crippen molar-refractivity contribution in [3.8, 4) is 29.6 Å². The molecule has 0 bridgehead atoms. The van der Waals surface area contributed by atoms with Gasteiger partial charge in [-0.3, -0.25) is 14.6 Å². The number of benzene rings is 1. The van der Waals surface area contributed by atoms with E-state index in [1.807, 2.05) is 0 Å². The molecule has 3 aromatic rings. The van der Waals surface area contributed by atoms with Gasteiger partial charge >= 0.3 is 0 Å². The number of aromatic amines is 1. The van der Waals surface area contributed by atoms with E-state index in [-0.39, 0.29) is 10.6 Å². The van der Waals surface area contributed by atoms with Crippen LogP contribution in [0.1, 0.15) is 0 Å². The van der Waals surface area contributed by atoms with Gasteiger partial charge in [-0.05, 0) is 24.4 Å². The molecule has 0 aliphatic rings. The standard InChI is InChI=1S/C18H5F4N7S/c19-13-11(9(5-23)6-24)14(20)16(22)12(15(13)21)10(7-25)29-17(27-28-18(29)30)8-1-3-26-4-2-8/h1-4H,(H,28,30). The topological polar surface area (TPSA) is 118 Å². The van der Waals surface area contributed by atoms with E-state index in [1.54, 1.807) is 0 Å². The average molecular weight is 427 g/mol. The predicted molar refractivity (Wildman–Crippen MR) is 95.2 cm³/mol. The van der Waals surface area contributed by atoms with E-state index in [4.69, 9.17) is 22.7 Å². The molecule has 0 saturated heterocycles. The summed E-state index contributed by atoms with van der Waals surface area (Å²) in [6.45, 7) is 0. The normalized spacial score (nSPS) is 10.0. The Bertz CT molecular complexity index is 1430. The van der Waals surface area contributed by atoms with Crippen LogP contribution >= 0.6 is 12.2 Å². The molecular formula is C18H5F4N7S. The van der Waals surface area contributed by atoms with Gasteiger partial charge in [-0.15, -0.1) is 0 Å². The highest BCUT2D eigenvalue weighted by Gasteiger charge is 2.25. The highest BCUT2D eigenvalue weighted by atomic mass is 32.1. The molecule has 30 heavy (non-hydrogen) atoms. The Kier molecular flexibility index (Phi) is 5.41. The number of pyridine rings is 1. The van der Waals surface area contributed by atoms with Crippen molar-refractivity contribution < 1.29 is 17.6 Å². The third-order valence-corrected chi connectivity index (χ3v) is 4.19. The van der Waals surface area contributed by atoms with Gasteiger partial charge in [-0.1, -0.05) is 0 Å². The summed E-state index contributed by atoms with van der Waals surface area (Å²) in [6, 6.07) is 6.70. The van der Waals surface area contributed by atoms with Gasteiger partial charge in [0.05, 0.1) is 10.4 Å². The molecule has 12 heteroatoms. The maximum atomic E-state index is 14.8. The maximum absolute atomic E-state index is 14.8. The molecule has 0 unspecified atom stereocenters. The van der Waals surface area contributed by atoms with Crippen molar-refractivity contribution in [2.75, 3.05) is 0 Å². The third-order valence-electron chi connectivity index (χ3n) is 3.91. The molecule has 1 aromatic carbocycles. The van der Waals surface area contributed by atoms with Gasteiger partial charge in [0.25, 0.3) is 0 Å². The quantitative estimate of drug-likeness (QED) is 0.379. The van der Waals surface area contributed by atoms with Crippen LogP contribution in [0.25, 0.3) is 22.7 Å². The smallest absolute Gasteiger partial charge is 0.200 e. The fourth-order valence-corrected chi connectivity index (χ4v) is 2.84. The van der Waals surface area contributed by atoms with Gasteiger partial charge in [0.1, 0.15) is 29.5 Å². The van der Waals surface area contributed by atoms with E-state index in [0.29, 0.717) is 5.56 Å². The minimum Gasteiger partial charge on any atom is -0.265 e. The van der Waals surface area contributed by atoms with Crippen molar-refractivity contribution in [2.45, 2.75) is 0 Å². The van der Waals surface area contributed by atoms with Crippen LogP contribution in [-0.4, -0.2) is 19.7 Å². The number of nitrogens with zero attached hydrogens (tertiary/aromatic N) is 6. The lowest BCUT2D eigenvalue weighted by molar-refractivity contribution is 0.434. The first-order valence-electron chi connectivity index (χ1n) is 7.76. The Hall–Kier alpha value is -4.34. The van der Waals surface area contributed by atoms with Gasteiger partial charge in [-0.25, -0.2) is 17.6 Å². The summed E-state index contributed by atoms with van der Waals surface area (Å²) in [7, 11) is 0. The van der Waals surface area contributed by atoms with E-state index in [1.165, 1.54) is 30.6 Å². The van der Waals surface area contributed by atoms with Crippen molar-refractivity contribution in [3.63, 3.8) is 0 Å². The number of H-pyrrole nitrogens is 1. The lowest BCUT2D eigenvalue weighted by Crippen LogP contribution is -2.32. The molecule has 0 fully saturated rings. The van der Waals surface area contributed by atoms with E-state index >= 15 is 0 Å². The molecule has 0 atom stereocenters. The summed E-state index contributed by atoms with van der Waals surface area (Å²) in [5.74, 6) is -8.05. The molecule has 0 spiro atoms. The first-order valence-corrected chi connectivity index (χ1v) is 8.17. The Morgan fingerprint density at radius 2 is 1.43 bits per heavy atom. The SMILES string of the molecule is N#CC(C#N)=c1c(F)c(F)c(=C(C#N)n2c(-c3ccncc3)n[nH]c2=S)c(F)c1F. The van der Waals surface area contributed by atoms with Crippen LogP contribution < -0.4 is 10.4 Å². The number of rotatable bonds is 2. The van der Waals surface area contributed by atoms with Crippen LogP contribution in [0.3, 0.4) is 0 Å². The Morgan fingerprint density at radius 1 is 0.900 bits per heavy atom. The fraction of sp³-hybridized carbons (Fsp3) is 0. The van der Waals surface area contributed by atoms with Crippen LogP contribution in [0.15, 0.2) is 24.5 Å². The molecule has 0 aliphatic carbocycles. The molecule has 0 saturated carbocycles. The van der Waals surface area contributed by atoms with Gasteiger partial charge in [0.2, 0.25) is 4.77 Å². The molecule has 0 aliphatic heterocycles. The van der Waals surface area contributed by atoms with Crippen molar-refractivity contribution >= 4 is 23.5 Å². The fourth-order valence-electron chi connectivity index (χ4n) is 2.61. The molecule has 0 radical (unpaired) electrons. The summed E-state index contributed by atoms with van der Waals surface area (Å²) >= 11 is 5.01. The zero-order chi connectivity index (χ0) is 22.0. The van der Waals surface area contributed by atoms with Crippen LogP contribution in [0.4, 0.5) is 17.6 Å². The van der Waals surface area contributed by atoms with Crippen molar-refractivity contribution in [1.29, 1.82) is 15.8 Å². The molecule has 7 nitrogen and oxygen atoms in total. The number of nitriles is 3. The minimum absolute atomic E-state index is 0.0797. The maximum Gasteiger partial charge on any atom is 0.200 e. The first-order chi connectivity index (χ1) is 14.4. The average Bonchev–Trinajstić information content (AvgIpc) is 3.14. The van der Waals surface area contributed by atoms with Crippen molar-refractivity contribution in [3.05, 3.63) is 63.0 Å². The van der Waals surface area contributed by atoms with Crippen molar-refractivity contribution in [1.82, 2.24) is 19.7 Å². The monoisotopic (exact) mass is 427 g/mol. The van der Waals surface area contributed by atoms with E-state index < -0.39 is 45.0 Å². The zero-order valence-electron chi connectivity index (χ0n) is 14.4. The third kappa shape index (κ3) is 3.09. The van der Waals surface area contributed by atoms with Crippen LogP contribution in [0.2, 0.25) is 0 Å². The second kappa shape index (κ2) is 7.95. The summed E-state index contributed by atoms with van der Waals surface area (Å²) < 4.78 is 59.0. The number of hydrogen-bond acceptors (Lipinski definition) is 6. The van der Waals surface area contributed by atoms with Crippen LogP contribution in [0.5, 0.6) is 0 Å². The number of hydrogen-bond donors (Lipinski definition) is 1. The van der Waals surface area contributed by atoms with Gasteiger partial charge in [0, 0.05) is 18.0 Å². The van der Waals surface area contributed by atoms with E-state index in [0.717, 1.165) is 16.7 Å². The highest BCUT2D eigenvalue weighted by Crippen LogP contribution is 2.19. The molecule has 1 N–H and O–H groups in total. The summed E-state index contributed by atoms with van der Waals surface area (Å²) in [5.41, 5.74) is -1.76. The minimum atomic E-state index is -2.00. The summed E-state index contributed by atoms with van der Waals surface area (Å²) in [4.78, 5) is 3.81. The largest absolute Gasteiger partial charge is 0.265 e. The number of halogens is 4. The van der Waals surface area contributed by atoms with Crippen LogP contribution in [-0.2, 0) is 0 Å². The lowest BCUT2D eigenvalue weighted by atomic mass is 10.1. The first kappa shape index (κ1) is 20.4. The molecule has 146 valence electrons. The lowest BCUT2D eigenvalue weighted by Gasteiger charge is -2.08. The number of nitrogens with one attached hydrogen (secondary N) is 1. The zero-order valence-corrected chi connectivity index (χ0v) is 15.2. The van der Waals surface area contributed by atoms with Gasteiger partial charge in [0.15, 0.2) is 29.1 Å². The molecule has 0 amide bonds. The van der Waals surface area contributed by atoms with E-state index in [9.17, 15) is 22.8 Å². The Labute approximate surface area is 169 Å². The second-order valence-corrected chi connectivity index (χ2v) is 5.88. The molecular weight excluding hydrogens is 422 g/mol. The van der Waals surface area contributed by atoms with Crippen LogP contribution in [0, 0.1) is 62.0 Å². The molecule has 3 rings (SSSR count). The van der Waals surface area contributed by atoms with Gasteiger partial charge in [-0.2, -0.15) is 20.9 Å². The summed E-state index contributed by atoms with van der Waals surface area (Å²) in [5, 5.41) is 30.5. The van der Waals surface area contributed by atoms with Crippen molar-refractivity contribution in [2.24, 2.45) is 0 Å². The highest BCUT2D eigenvalue weighted by molar-refractivity contribution is 7.71. The van der Waals surface area contributed by atoms with E-state index in [2.05, 4.69) is 15.2 Å². The second-order valence-electron chi connectivity index (χ2n) is 5.49. The predicted octanol–water partition coefficient (Wildman–Crippen LogP) is 1.94. The van der Waals surface area contributed by atoms with Gasteiger partial charge < -0.3 is 0 Å². The Morgan fingerprint density at radius 3 is 1.93 bits per heavy atom.